The third kappa shape index (κ3) is 2.27. The number of aromatic hydroxyl groups is 1. The highest BCUT2D eigenvalue weighted by Gasteiger charge is 2.16. The minimum Gasteiger partial charge on any atom is -0.507 e. The second-order valence-electron chi connectivity index (χ2n) is 4.00. The third-order valence-corrected chi connectivity index (χ3v) is 2.77. The van der Waals surface area contributed by atoms with E-state index >= 15 is 0 Å². The number of hydrogen-bond acceptors (Lipinski definition) is 3. The molecule has 0 spiro atoms. The predicted molar refractivity (Wildman–Crippen MR) is 68.7 cm³/mol. The Morgan fingerprint density at radius 3 is 2.39 bits per heavy atom. The number of rotatable bonds is 3. The number of carboxylic acids is 1. The topological polar surface area (TPSA) is 83.5 Å². The summed E-state index contributed by atoms with van der Waals surface area (Å²) in [5.41, 5.74) is 7.40. The number of carboxylic acid groups (broad SMARTS) is 1. The highest BCUT2D eigenvalue weighted by molar-refractivity contribution is 5.97. The SMILES string of the molecule is Nc1c(Cc2ccccc2)ccc(O)c1C(=O)O. The fourth-order valence-corrected chi connectivity index (χ4v) is 1.85. The molecule has 2 rings (SSSR count). The molecule has 4 N–H and O–H groups in total. The second kappa shape index (κ2) is 4.79. The minimum absolute atomic E-state index is 0.117. The smallest absolute Gasteiger partial charge is 0.341 e. The lowest BCUT2D eigenvalue weighted by molar-refractivity contribution is 0.0695. The van der Waals surface area contributed by atoms with Crippen molar-refractivity contribution in [2.24, 2.45) is 0 Å². The molecule has 4 nitrogen and oxygen atoms in total. The van der Waals surface area contributed by atoms with E-state index in [0.29, 0.717) is 12.0 Å². The van der Waals surface area contributed by atoms with Crippen LogP contribution in [-0.4, -0.2) is 16.2 Å². The highest BCUT2D eigenvalue weighted by atomic mass is 16.4. The molecule has 18 heavy (non-hydrogen) atoms. The van der Waals surface area contributed by atoms with Gasteiger partial charge in [0.2, 0.25) is 0 Å². The first-order valence-corrected chi connectivity index (χ1v) is 5.47. The largest absolute Gasteiger partial charge is 0.507 e. The number of benzene rings is 2. The molecule has 0 saturated carbocycles. The average molecular weight is 243 g/mol. The first-order chi connectivity index (χ1) is 8.59. The van der Waals surface area contributed by atoms with Gasteiger partial charge in [-0.05, 0) is 23.6 Å². The molecule has 0 aliphatic heterocycles. The van der Waals surface area contributed by atoms with Crippen LogP contribution in [0.15, 0.2) is 42.5 Å². The van der Waals surface area contributed by atoms with Crippen molar-refractivity contribution < 1.29 is 15.0 Å². The Bertz CT molecular complexity index is 579. The van der Waals surface area contributed by atoms with Crippen LogP contribution in [0.4, 0.5) is 5.69 Å². The minimum atomic E-state index is -1.22. The molecule has 0 bridgehead atoms. The molecule has 92 valence electrons. The van der Waals surface area contributed by atoms with Gasteiger partial charge in [-0.15, -0.1) is 0 Å². The normalized spacial score (nSPS) is 10.2. The molecule has 4 heteroatoms. The summed E-state index contributed by atoms with van der Waals surface area (Å²) < 4.78 is 0. The maximum absolute atomic E-state index is 11.0. The summed E-state index contributed by atoms with van der Waals surface area (Å²) in [6.07, 6.45) is 0.535. The molecule has 0 atom stereocenters. The van der Waals surface area contributed by atoms with Crippen LogP contribution >= 0.6 is 0 Å². The Labute approximate surface area is 104 Å². The molecule has 0 saturated heterocycles. The van der Waals surface area contributed by atoms with Gasteiger partial charge in [-0.3, -0.25) is 0 Å². The van der Waals surface area contributed by atoms with Crippen LogP contribution < -0.4 is 5.73 Å². The summed E-state index contributed by atoms with van der Waals surface area (Å²) in [7, 11) is 0. The maximum atomic E-state index is 11.0. The quantitative estimate of drug-likeness (QED) is 0.722. The highest BCUT2D eigenvalue weighted by Crippen LogP contribution is 2.28. The fraction of sp³-hybridized carbons (Fsp3) is 0.0714. The fourth-order valence-electron chi connectivity index (χ4n) is 1.85. The van der Waals surface area contributed by atoms with Gasteiger partial charge in [0.25, 0.3) is 0 Å². The van der Waals surface area contributed by atoms with Crippen LogP contribution in [0.1, 0.15) is 21.5 Å². The Morgan fingerprint density at radius 1 is 1.11 bits per heavy atom. The van der Waals surface area contributed by atoms with Crippen molar-refractivity contribution in [1.82, 2.24) is 0 Å². The molecule has 0 unspecified atom stereocenters. The van der Waals surface area contributed by atoms with Crippen LogP contribution in [0.25, 0.3) is 0 Å². The molecule has 2 aromatic carbocycles. The van der Waals surface area contributed by atoms with Gasteiger partial charge in [0.15, 0.2) is 0 Å². The lowest BCUT2D eigenvalue weighted by Gasteiger charge is -2.10. The lowest BCUT2D eigenvalue weighted by atomic mass is 9.99. The number of nitrogens with two attached hydrogens (primary N) is 1. The van der Waals surface area contributed by atoms with Crippen molar-refractivity contribution in [3.63, 3.8) is 0 Å². The summed E-state index contributed by atoms with van der Waals surface area (Å²) in [5.74, 6) is -1.53. The van der Waals surface area contributed by atoms with Crippen molar-refractivity contribution >= 4 is 11.7 Å². The standard InChI is InChI=1S/C14H13NO3/c15-13-10(8-9-4-2-1-3-5-9)6-7-11(16)12(13)14(17)18/h1-7,16H,8,15H2,(H,17,18). The van der Waals surface area contributed by atoms with Crippen molar-refractivity contribution in [3.05, 3.63) is 59.2 Å². The van der Waals surface area contributed by atoms with E-state index in [9.17, 15) is 9.90 Å². The Kier molecular flexibility index (Phi) is 3.19. The predicted octanol–water partition coefficient (Wildman–Crippen LogP) is 2.26. The van der Waals surface area contributed by atoms with E-state index < -0.39 is 5.97 Å². The van der Waals surface area contributed by atoms with Gasteiger partial charge in [0.05, 0.1) is 5.69 Å². The number of aromatic carboxylic acids is 1. The van der Waals surface area contributed by atoms with Crippen LogP contribution in [0.3, 0.4) is 0 Å². The van der Waals surface area contributed by atoms with E-state index in [4.69, 9.17) is 10.8 Å². The second-order valence-corrected chi connectivity index (χ2v) is 4.00. The van der Waals surface area contributed by atoms with Gasteiger partial charge in [-0.25, -0.2) is 4.79 Å². The zero-order chi connectivity index (χ0) is 13.1. The van der Waals surface area contributed by atoms with Gasteiger partial charge in [-0.2, -0.15) is 0 Å². The summed E-state index contributed by atoms with van der Waals surface area (Å²) in [5, 5.41) is 18.5. The first kappa shape index (κ1) is 12.0. The number of nitrogen functional groups attached to an aromatic ring is 1. The van der Waals surface area contributed by atoms with E-state index in [-0.39, 0.29) is 17.0 Å². The first-order valence-electron chi connectivity index (χ1n) is 5.47. The summed E-state index contributed by atoms with van der Waals surface area (Å²) in [6.45, 7) is 0. The van der Waals surface area contributed by atoms with Crippen molar-refractivity contribution in [3.8, 4) is 5.75 Å². The van der Waals surface area contributed by atoms with E-state index in [0.717, 1.165) is 5.56 Å². The van der Waals surface area contributed by atoms with E-state index in [1.165, 1.54) is 6.07 Å². The third-order valence-electron chi connectivity index (χ3n) is 2.77. The van der Waals surface area contributed by atoms with Crippen LogP contribution in [0, 0.1) is 0 Å². The summed E-state index contributed by atoms with van der Waals surface area (Å²) >= 11 is 0. The van der Waals surface area contributed by atoms with E-state index in [1.807, 2.05) is 30.3 Å². The average Bonchev–Trinajstić information content (AvgIpc) is 2.34. The molecule has 0 heterocycles. The molecular formula is C14H13NO3. The molecular weight excluding hydrogens is 230 g/mol. The maximum Gasteiger partial charge on any atom is 0.341 e. The zero-order valence-electron chi connectivity index (χ0n) is 9.63. The molecule has 2 aromatic rings. The van der Waals surface area contributed by atoms with Gasteiger partial charge >= 0.3 is 5.97 Å². The molecule has 0 radical (unpaired) electrons. The van der Waals surface area contributed by atoms with Crippen molar-refractivity contribution in [2.75, 3.05) is 5.73 Å². The Hall–Kier alpha value is -2.49. The lowest BCUT2D eigenvalue weighted by Crippen LogP contribution is -2.06. The molecule has 0 aliphatic rings. The van der Waals surface area contributed by atoms with E-state index in [1.54, 1.807) is 6.07 Å². The Morgan fingerprint density at radius 2 is 1.78 bits per heavy atom. The molecule has 0 aliphatic carbocycles. The number of phenols is 1. The summed E-state index contributed by atoms with van der Waals surface area (Å²) in [4.78, 5) is 11.0. The number of anilines is 1. The Balaban J connectivity index is 2.41. The van der Waals surface area contributed by atoms with Crippen molar-refractivity contribution in [1.29, 1.82) is 0 Å². The zero-order valence-corrected chi connectivity index (χ0v) is 9.63. The summed E-state index contributed by atoms with van der Waals surface area (Å²) in [6, 6.07) is 12.6. The monoisotopic (exact) mass is 243 g/mol. The van der Waals surface area contributed by atoms with Gasteiger partial charge < -0.3 is 15.9 Å². The number of hydrogen-bond donors (Lipinski definition) is 3. The molecule has 0 fully saturated rings. The van der Waals surface area contributed by atoms with Crippen LogP contribution in [0.2, 0.25) is 0 Å². The van der Waals surface area contributed by atoms with Gasteiger partial charge in [0.1, 0.15) is 11.3 Å². The van der Waals surface area contributed by atoms with Gasteiger partial charge in [-0.1, -0.05) is 36.4 Å². The molecule has 0 aromatic heterocycles. The van der Waals surface area contributed by atoms with Crippen LogP contribution in [0.5, 0.6) is 5.75 Å². The van der Waals surface area contributed by atoms with Crippen molar-refractivity contribution in [2.45, 2.75) is 6.42 Å². The van der Waals surface area contributed by atoms with Crippen LogP contribution in [-0.2, 0) is 6.42 Å². The van der Waals surface area contributed by atoms with E-state index in [2.05, 4.69) is 0 Å². The molecule has 0 amide bonds. The van der Waals surface area contributed by atoms with Gasteiger partial charge in [0, 0.05) is 0 Å². The number of carbonyl (C=O) groups is 1.